The van der Waals surface area contributed by atoms with Crippen LogP contribution in [0.25, 0.3) is 0 Å². The van der Waals surface area contributed by atoms with Gasteiger partial charge in [0.05, 0.1) is 5.75 Å². The average Bonchev–Trinajstić information content (AvgIpc) is 2.40. The van der Waals surface area contributed by atoms with Crippen molar-refractivity contribution in [2.24, 2.45) is 0 Å². The van der Waals surface area contributed by atoms with E-state index in [0.717, 1.165) is 10.2 Å². The van der Waals surface area contributed by atoms with Gasteiger partial charge in [-0.3, -0.25) is 4.79 Å². The minimum atomic E-state index is -0.0290. The fourth-order valence-corrected chi connectivity index (χ4v) is 2.73. The summed E-state index contributed by atoms with van der Waals surface area (Å²) in [7, 11) is 0. The highest BCUT2D eigenvalue weighted by Crippen LogP contribution is 2.17. The van der Waals surface area contributed by atoms with Crippen LogP contribution < -0.4 is 5.32 Å². The third-order valence-corrected chi connectivity index (χ3v) is 3.82. The monoisotopic (exact) mass is 336 g/mol. The molecular formula is C14H13BrN2OS. The second-order valence-corrected chi connectivity index (χ2v) is 5.79. The molecule has 0 aliphatic heterocycles. The molecule has 19 heavy (non-hydrogen) atoms. The molecule has 0 radical (unpaired) electrons. The van der Waals surface area contributed by atoms with Crippen molar-refractivity contribution in [3.05, 3.63) is 58.7 Å². The van der Waals surface area contributed by atoms with Gasteiger partial charge in [0.1, 0.15) is 5.82 Å². The van der Waals surface area contributed by atoms with E-state index in [2.05, 4.69) is 38.4 Å². The van der Waals surface area contributed by atoms with Crippen LogP contribution in [0, 0.1) is 0 Å². The summed E-state index contributed by atoms with van der Waals surface area (Å²) >= 11 is 5.01. The summed E-state index contributed by atoms with van der Waals surface area (Å²) in [6.45, 7) is 0. The zero-order chi connectivity index (χ0) is 13.5. The maximum absolute atomic E-state index is 11.7. The van der Waals surface area contributed by atoms with Crippen LogP contribution >= 0.6 is 27.7 Å². The van der Waals surface area contributed by atoms with Crippen LogP contribution in [0.3, 0.4) is 0 Å². The molecule has 0 bridgehead atoms. The lowest BCUT2D eigenvalue weighted by molar-refractivity contribution is -0.113. The van der Waals surface area contributed by atoms with Gasteiger partial charge in [0.2, 0.25) is 5.91 Å². The van der Waals surface area contributed by atoms with Crippen LogP contribution in [0.15, 0.2) is 53.1 Å². The largest absolute Gasteiger partial charge is 0.310 e. The fourth-order valence-electron chi connectivity index (χ4n) is 1.50. The molecule has 0 aliphatic carbocycles. The molecule has 2 aromatic rings. The van der Waals surface area contributed by atoms with E-state index in [1.807, 2.05) is 24.3 Å². The van der Waals surface area contributed by atoms with Gasteiger partial charge in [-0.15, -0.1) is 11.8 Å². The van der Waals surface area contributed by atoms with Gasteiger partial charge < -0.3 is 5.32 Å². The molecule has 0 aliphatic rings. The first kappa shape index (κ1) is 14.1. The van der Waals surface area contributed by atoms with Gasteiger partial charge in [0.15, 0.2) is 0 Å². The summed E-state index contributed by atoms with van der Waals surface area (Å²) in [6, 6.07) is 13.5. The Kier molecular flexibility index (Phi) is 5.42. The lowest BCUT2D eigenvalue weighted by atomic mass is 10.2. The minimum absolute atomic E-state index is 0.0290. The normalized spacial score (nSPS) is 10.2. The predicted octanol–water partition coefficient (Wildman–Crippen LogP) is 3.72. The van der Waals surface area contributed by atoms with Gasteiger partial charge in [-0.05, 0) is 29.8 Å². The molecule has 98 valence electrons. The van der Waals surface area contributed by atoms with Gasteiger partial charge in [-0.2, -0.15) is 0 Å². The number of carbonyl (C=O) groups is 1. The highest BCUT2D eigenvalue weighted by atomic mass is 79.9. The van der Waals surface area contributed by atoms with Crippen molar-refractivity contribution < 1.29 is 4.79 Å². The number of aromatic nitrogens is 1. The number of halogens is 1. The van der Waals surface area contributed by atoms with Crippen LogP contribution in [0.1, 0.15) is 5.56 Å². The SMILES string of the molecule is O=C(CSCc1cccc(Br)c1)Nc1ccccn1. The van der Waals surface area contributed by atoms with Gasteiger partial charge in [-0.1, -0.05) is 34.1 Å². The Bertz CT molecular complexity index is 548. The first-order valence-corrected chi connectivity index (χ1v) is 7.72. The Morgan fingerprint density at radius 2 is 2.16 bits per heavy atom. The number of carbonyl (C=O) groups excluding carboxylic acids is 1. The quantitative estimate of drug-likeness (QED) is 0.904. The zero-order valence-electron chi connectivity index (χ0n) is 10.2. The number of hydrogen-bond acceptors (Lipinski definition) is 3. The number of nitrogens with zero attached hydrogens (tertiary/aromatic N) is 1. The summed E-state index contributed by atoms with van der Waals surface area (Å²) in [5, 5.41) is 2.76. The number of amides is 1. The highest BCUT2D eigenvalue weighted by Gasteiger charge is 2.03. The van der Waals surface area contributed by atoms with E-state index >= 15 is 0 Å². The minimum Gasteiger partial charge on any atom is -0.310 e. The van der Waals surface area contributed by atoms with Crippen molar-refractivity contribution in [1.29, 1.82) is 0 Å². The molecule has 0 atom stereocenters. The van der Waals surface area contributed by atoms with E-state index in [9.17, 15) is 4.79 Å². The first-order chi connectivity index (χ1) is 9.24. The predicted molar refractivity (Wildman–Crippen MR) is 83.2 cm³/mol. The smallest absolute Gasteiger partial charge is 0.235 e. The Morgan fingerprint density at radius 3 is 2.89 bits per heavy atom. The lowest BCUT2D eigenvalue weighted by Crippen LogP contribution is -2.14. The summed E-state index contributed by atoms with van der Waals surface area (Å²) in [6.07, 6.45) is 1.66. The Hall–Kier alpha value is -1.33. The Morgan fingerprint density at radius 1 is 1.26 bits per heavy atom. The van der Waals surface area contributed by atoms with E-state index in [1.54, 1.807) is 24.0 Å². The molecule has 3 nitrogen and oxygen atoms in total. The van der Waals surface area contributed by atoms with Crippen LogP contribution in [0.2, 0.25) is 0 Å². The van der Waals surface area contributed by atoms with Gasteiger partial charge in [0.25, 0.3) is 0 Å². The zero-order valence-corrected chi connectivity index (χ0v) is 12.6. The Labute approximate surface area is 125 Å². The standard InChI is InChI=1S/C14H13BrN2OS/c15-12-5-3-4-11(8-12)9-19-10-14(18)17-13-6-1-2-7-16-13/h1-8H,9-10H2,(H,16,17,18). The summed E-state index contributed by atoms with van der Waals surface area (Å²) < 4.78 is 1.06. The second kappa shape index (κ2) is 7.31. The number of thioether (sulfide) groups is 1. The number of pyridine rings is 1. The molecule has 1 aromatic heterocycles. The van der Waals surface area contributed by atoms with Gasteiger partial charge >= 0.3 is 0 Å². The Balaban J connectivity index is 1.75. The lowest BCUT2D eigenvalue weighted by Gasteiger charge is -2.04. The summed E-state index contributed by atoms with van der Waals surface area (Å²) in [4.78, 5) is 15.7. The fraction of sp³-hybridized carbons (Fsp3) is 0.143. The van der Waals surface area contributed by atoms with Crippen LogP contribution in [-0.2, 0) is 10.5 Å². The third-order valence-electron chi connectivity index (χ3n) is 2.32. The maximum Gasteiger partial charge on any atom is 0.235 e. The molecule has 1 heterocycles. The molecule has 1 amide bonds. The number of hydrogen-bond donors (Lipinski definition) is 1. The molecule has 0 unspecified atom stereocenters. The van der Waals surface area contributed by atoms with Gasteiger partial charge in [-0.25, -0.2) is 4.98 Å². The number of nitrogens with one attached hydrogen (secondary N) is 1. The summed E-state index contributed by atoms with van der Waals surface area (Å²) in [5.74, 6) is 1.80. The van der Waals surface area contributed by atoms with Crippen molar-refractivity contribution in [2.75, 3.05) is 11.1 Å². The van der Waals surface area contributed by atoms with Crippen LogP contribution in [0.4, 0.5) is 5.82 Å². The molecule has 1 aromatic carbocycles. The average molecular weight is 337 g/mol. The molecule has 0 saturated heterocycles. The maximum atomic E-state index is 11.7. The molecular weight excluding hydrogens is 324 g/mol. The number of rotatable bonds is 5. The van der Waals surface area contributed by atoms with E-state index in [0.29, 0.717) is 11.6 Å². The number of benzene rings is 1. The molecule has 1 N–H and O–H groups in total. The van der Waals surface area contributed by atoms with E-state index in [4.69, 9.17) is 0 Å². The van der Waals surface area contributed by atoms with Crippen molar-refractivity contribution in [3.63, 3.8) is 0 Å². The van der Waals surface area contributed by atoms with E-state index in [1.165, 1.54) is 5.56 Å². The van der Waals surface area contributed by atoms with E-state index < -0.39 is 0 Å². The van der Waals surface area contributed by atoms with Crippen molar-refractivity contribution >= 4 is 39.4 Å². The van der Waals surface area contributed by atoms with Crippen molar-refractivity contribution in [2.45, 2.75) is 5.75 Å². The van der Waals surface area contributed by atoms with Crippen molar-refractivity contribution in [3.8, 4) is 0 Å². The third kappa shape index (κ3) is 5.04. The van der Waals surface area contributed by atoms with E-state index in [-0.39, 0.29) is 5.91 Å². The first-order valence-electron chi connectivity index (χ1n) is 5.77. The number of anilines is 1. The molecule has 5 heteroatoms. The van der Waals surface area contributed by atoms with Crippen LogP contribution in [-0.4, -0.2) is 16.6 Å². The summed E-state index contributed by atoms with van der Waals surface area (Å²) in [5.41, 5.74) is 1.20. The van der Waals surface area contributed by atoms with Crippen molar-refractivity contribution in [1.82, 2.24) is 4.98 Å². The topological polar surface area (TPSA) is 42.0 Å². The van der Waals surface area contributed by atoms with Gasteiger partial charge in [0, 0.05) is 16.4 Å². The molecule has 0 spiro atoms. The highest BCUT2D eigenvalue weighted by molar-refractivity contribution is 9.10. The molecule has 0 fully saturated rings. The molecule has 2 rings (SSSR count). The van der Waals surface area contributed by atoms with Crippen LogP contribution in [0.5, 0.6) is 0 Å². The molecule has 0 saturated carbocycles. The second-order valence-electron chi connectivity index (χ2n) is 3.89.